The molecule has 1 fully saturated rings. The van der Waals surface area contributed by atoms with Crippen LogP contribution in [0.15, 0.2) is 24.3 Å². The molecule has 1 amide bonds. The summed E-state index contributed by atoms with van der Waals surface area (Å²) in [6, 6.07) is 6.93. The Morgan fingerprint density at radius 3 is 2.95 bits per heavy atom. The van der Waals surface area contributed by atoms with Crippen molar-refractivity contribution in [2.24, 2.45) is 0 Å². The van der Waals surface area contributed by atoms with Crippen LogP contribution in [0.2, 0.25) is 0 Å². The van der Waals surface area contributed by atoms with Crippen LogP contribution < -0.4 is 4.74 Å². The number of nitrogens with zero attached hydrogens (tertiary/aromatic N) is 1. The van der Waals surface area contributed by atoms with Gasteiger partial charge in [-0.3, -0.25) is 9.59 Å². The van der Waals surface area contributed by atoms with Crippen molar-refractivity contribution in [2.45, 2.75) is 19.0 Å². The van der Waals surface area contributed by atoms with Crippen molar-refractivity contribution < 1.29 is 24.2 Å². The minimum Gasteiger partial charge on any atom is -0.496 e. The van der Waals surface area contributed by atoms with Crippen LogP contribution in [0.5, 0.6) is 5.75 Å². The number of rotatable bonds is 5. The summed E-state index contributed by atoms with van der Waals surface area (Å²) in [6.07, 6.45) is -0.124. The predicted octanol–water partition coefficient (Wildman–Crippen LogP) is 0.897. The molecule has 1 aromatic carbocycles. The third kappa shape index (κ3) is 3.27. The van der Waals surface area contributed by atoms with Crippen molar-refractivity contribution in [2.75, 3.05) is 20.3 Å². The zero-order valence-electron chi connectivity index (χ0n) is 11.2. The number of morpholine rings is 1. The highest BCUT2D eigenvalue weighted by atomic mass is 16.5. The number of methoxy groups -OCH3 is 1. The van der Waals surface area contributed by atoms with Gasteiger partial charge in [0.25, 0.3) is 0 Å². The van der Waals surface area contributed by atoms with Gasteiger partial charge in [-0.15, -0.1) is 0 Å². The van der Waals surface area contributed by atoms with E-state index >= 15 is 0 Å². The van der Waals surface area contributed by atoms with Gasteiger partial charge in [0, 0.05) is 12.1 Å². The second-order valence-electron chi connectivity index (χ2n) is 4.60. The van der Waals surface area contributed by atoms with Gasteiger partial charge < -0.3 is 19.5 Å². The molecule has 20 heavy (non-hydrogen) atoms. The van der Waals surface area contributed by atoms with E-state index in [0.717, 1.165) is 5.56 Å². The van der Waals surface area contributed by atoms with Crippen molar-refractivity contribution in [1.29, 1.82) is 0 Å². The summed E-state index contributed by atoms with van der Waals surface area (Å²) >= 11 is 0. The number of benzene rings is 1. The molecule has 6 nitrogen and oxygen atoms in total. The van der Waals surface area contributed by atoms with E-state index < -0.39 is 12.0 Å². The molecule has 0 spiro atoms. The Kier molecular flexibility index (Phi) is 4.57. The molecule has 1 unspecified atom stereocenters. The molecule has 6 heteroatoms. The van der Waals surface area contributed by atoms with Crippen molar-refractivity contribution in [1.82, 2.24) is 4.90 Å². The van der Waals surface area contributed by atoms with Gasteiger partial charge in [0.2, 0.25) is 5.91 Å². The Hall–Kier alpha value is -2.08. The van der Waals surface area contributed by atoms with E-state index in [9.17, 15) is 9.59 Å². The Labute approximate surface area is 116 Å². The monoisotopic (exact) mass is 279 g/mol. The van der Waals surface area contributed by atoms with Crippen LogP contribution in [0.3, 0.4) is 0 Å². The van der Waals surface area contributed by atoms with E-state index in [0.29, 0.717) is 12.3 Å². The molecular formula is C14H17NO5. The fourth-order valence-electron chi connectivity index (χ4n) is 2.26. The van der Waals surface area contributed by atoms with E-state index in [1.807, 2.05) is 24.3 Å². The van der Waals surface area contributed by atoms with Crippen molar-refractivity contribution in [3.05, 3.63) is 29.8 Å². The normalized spacial score (nSPS) is 18.9. The van der Waals surface area contributed by atoms with Crippen molar-refractivity contribution in [3.63, 3.8) is 0 Å². The summed E-state index contributed by atoms with van der Waals surface area (Å²) in [4.78, 5) is 24.4. The highest BCUT2D eigenvalue weighted by Crippen LogP contribution is 2.22. The first kappa shape index (κ1) is 14.3. The summed E-state index contributed by atoms with van der Waals surface area (Å²) in [5.41, 5.74) is 0.848. The minimum atomic E-state index is -0.946. The third-order valence-electron chi connectivity index (χ3n) is 3.24. The molecule has 0 saturated carbocycles. The number of para-hydroxylation sites is 1. The molecular weight excluding hydrogens is 262 g/mol. The molecule has 0 aliphatic carbocycles. The molecule has 108 valence electrons. The van der Waals surface area contributed by atoms with E-state index in [1.54, 1.807) is 12.0 Å². The van der Waals surface area contributed by atoms with Gasteiger partial charge in [0.05, 0.1) is 26.2 Å². The quantitative estimate of drug-likeness (QED) is 0.866. The maximum atomic E-state index is 12.0. The molecule has 0 aromatic heterocycles. The number of carbonyl (C=O) groups excluding carboxylic acids is 1. The predicted molar refractivity (Wildman–Crippen MR) is 70.4 cm³/mol. The summed E-state index contributed by atoms with van der Waals surface area (Å²) in [7, 11) is 1.56. The highest BCUT2D eigenvalue weighted by Gasteiger charge is 2.30. The highest BCUT2D eigenvalue weighted by molar-refractivity contribution is 5.79. The zero-order chi connectivity index (χ0) is 14.5. The SMILES string of the molecule is COc1ccccc1CN1C(=O)COCC1CC(=O)O. The van der Waals surface area contributed by atoms with Crippen LogP contribution in [0.1, 0.15) is 12.0 Å². The standard InChI is InChI=1S/C14H17NO5/c1-19-12-5-3-2-4-10(12)7-15-11(6-14(17)18)8-20-9-13(15)16/h2-5,11H,6-9H2,1H3,(H,17,18). The van der Waals surface area contributed by atoms with Gasteiger partial charge in [0.15, 0.2) is 0 Å². The van der Waals surface area contributed by atoms with Crippen LogP contribution in [0.4, 0.5) is 0 Å². The maximum Gasteiger partial charge on any atom is 0.305 e. The zero-order valence-corrected chi connectivity index (χ0v) is 11.2. The largest absolute Gasteiger partial charge is 0.496 e. The Morgan fingerprint density at radius 1 is 1.50 bits per heavy atom. The number of carboxylic acid groups (broad SMARTS) is 1. The first-order chi connectivity index (χ1) is 9.61. The Morgan fingerprint density at radius 2 is 2.25 bits per heavy atom. The number of amides is 1. The van der Waals surface area contributed by atoms with E-state index in [4.69, 9.17) is 14.6 Å². The van der Waals surface area contributed by atoms with Crippen LogP contribution in [-0.2, 0) is 20.9 Å². The molecule has 1 atom stereocenters. The second-order valence-corrected chi connectivity index (χ2v) is 4.60. The molecule has 2 rings (SSSR count). The smallest absolute Gasteiger partial charge is 0.305 e. The van der Waals surface area contributed by atoms with E-state index in [-0.39, 0.29) is 25.5 Å². The molecule has 1 saturated heterocycles. The van der Waals surface area contributed by atoms with Gasteiger partial charge in [-0.25, -0.2) is 0 Å². The second kappa shape index (κ2) is 6.38. The van der Waals surface area contributed by atoms with Crippen molar-refractivity contribution in [3.8, 4) is 5.75 Å². The molecule has 1 aliphatic heterocycles. The summed E-state index contributed by atoms with van der Waals surface area (Å²) in [5.74, 6) is -0.465. The van der Waals surface area contributed by atoms with Gasteiger partial charge in [-0.2, -0.15) is 0 Å². The molecule has 1 N–H and O–H groups in total. The Bertz CT molecular complexity index is 502. The molecule has 0 radical (unpaired) electrons. The van der Waals surface area contributed by atoms with Crippen LogP contribution in [-0.4, -0.2) is 48.2 Å². The van der Waals surface area contributed by atoms with Gasteiger partial charge in [0.1, 0.15) is 12.4 Å². The van der Waals surface area contributed by atoms with E-state index in [2.05, 4.69) is 0 Å². The number of carbonyl (C=O) groups is 2. The molecule has 1 heterocycles. The lowest BCUT2D eigenvalue weighted by Gasteiger charge is -2.35. The van der Waals surface area contributed by atoms with Crippen LogP contribution >= 0.6 is 0 Å². The van der Waals surface area contributed by atoms with Gasteiger partial charge in [-0.05, 0) is 6.07 Å². The lowest BCUT2D eigenvalue weighted by atomic mass is 10.1. The fraction of sp³-hybridized carbons (Fsp3) is 0.429. The number of aliphatic carboxylic acids is 1. The third-order valence-corrected chi connectivity index (χ3v) is 3.24. The van der Waals surface area contributed by atoms with Gasteiger partial charge in [-0.1, -0.05) is 18.2 Å². The van der Waals surface area contributed by atoms with Gasteiger partial charge >= 0.3 is 5.97 Å². The summed E-state index contributed by atoms with van der Waals surface area (Å²) < 4.78 is 10.4. The molecule has 1 aromatic rings. The fourth-order valence-corrected chi connectivity index (χ4v) is 2.26. The minimum absolute atomic E-state index is 0.00866. The number of hydrogen-bond donors (Lipinski definition) is 1. The lowest BCUT2D eigenvalue weighted by Crippen LogP contribution is -2.49. The molecule has 0 bridgehead atoms. The van der Waals surface area contributed by atoms with Crippen molar-refractivity contribution >= 4 is 11.9 Å². The maximum absolute atomic E-state index is 12.0. The lowest BCUT2D eigenvalue weighted by molar-refractivity contribution is -0.153. The summed E-state index contributed by atoms with van der Waals surface area (Å²) in [6.45, 7) is 0.558. The average molecular weight is 279 g/mol. The first-order valence-electron chi connectivity index (χ1n) is 6.32. The van der Waals surface area contributed by atoms with E-state index in [1.165, 1.54) is 0 Å². The Balaban J connectivity index is 2.18. The molecule has 1 aliphatic rings. The number of hydrogen-bond acceptors (Lipinski definition) is 4. The average Bonchev–Trinajstić information content (AvgIpc) is 2.42. The summed E-state index contributed by atoms with van der Waals surface area (Å²) in [5, 5.41) is 8.92. The number of carboxylic acids is 1. The van der Waals surface area contributed by atoms with Crippen LogP contribution in [0.25, 0.3) is 0 Å². The number of ether oxygens (including phenoxy) is 2. The first-order valence-corrected chi connectivity index (χ1v) is 6.32. The van der Waals surface area contributed by atoms with Crippen LogP contribution in [0, 0.1) is 0 Å². The topological polar surface area (TPSA) is 76.1 Å².